The average Bonchev–Trinajstić information content (AvgIpc) is 2.67. The van der Waals surface area contributed by atoms with Crippen LogP contribution in [-0.4, -0.2) is 49.1 Å². The third kappa shape index (κ3) is 4.57. The van der Waals surface area contributed by atoms with E-state index in [1.54, 1.807) is 24.3 Å². The Kier molecular flexibility index (Phi) is 5.61. The van der Waals surface area contributed by atoms with Crippen molar-refractivity contribution in [2.45, 2.75) is 19.1 Å². The summed E-state index contributed by atoms with van der Waals surface area (Å²) in [4.78, 5) is 25.5. The van der Waals surface area contributed by atoms with Crippen LogP contribution in [0.2, 0.25) is 0 Å². The van der Waals surface area contributed by atoms with E-state index in [0.717, 1.165) is 5.75 Å². The number of nitrogens with two attached hydrogens (primary N) is 1. The predicted molar refractivity (Wildman–Crippen MR) is 102 cm³/mol. The first-order chi connectivity index (χ1) is 12.9. The largest absolute Gasteiger partial charge is 0.486 e. The first-order valence-corrected chi connectivity index (χ1v) is 8.73. The van der Waals surface area contributed by atoms with Crippen molar-refractivity contribution in [3.8, 4) is 11.5 Å². The van der Waals surface area contributed by atoms with E-state index >= 15 is 0 Å². The number of nitrogens with one attached hydrogen (secondary N) is 1. The molecule has 142 valence electrons. The van der Waals surface area contributed by atoms with Crippen LogP contribution < -0.4 is 20.5 Å². The number of primary amides is 1. The van der Waals surface area contributed by atoms with Crippen molar-refractivity contribution in [2.24, 2.45) is 5.73 Å². The number of hydrogen-bond acceptors (Lipinski definition) is 5. The van der Waals surface area contributed by atoms with Crippen LogP contribution in [0.15, 0.2) is 48.5 Å². The highest BCUT2D eigenvalue weighted by atomic mass is 16.6. The zero-order chi connectivity index (χ0) is 19.4. The fraction of sp³-hybridized carbons (Fsp3) is 0.300. The molecule has 2 atom stereocenters. The van der Waals surface area contributed by atoms with Crippen LogP contribution in [0.1, 0.15) is 17.3 Å². The second kappa shape index (κ2) is 8.09. The number of hydrogen-bond donors (Lipinski definition) is 2. The van der Waals surface area contributed by atoms with E-state index in [1.807, 2.05) is 43.1 Å². The van der Waals surface area contributed by atoms with Crippen molar-refractivity contribution in [3.05, 3.63) is 54.1 Å². The summed E-state index contributed by atoms with van der Waals surface area (Å²) in [6.07, 6.45) is -0.157. The van der Waals surface area contributed by atoms with Gasteiger partial charge in [0.1, 0.15) is 12.7 Å². The fourth-order valence-corrected chi connectivity index (χ4v) is 2.80. The van der Waals surface area contributed by atoms with E-state index in [0.29, 0.717) is 30.2 Å². The van der Waals surface area contributed by atoms with E-state index in [4.69, 9.17) is 15.2 Å². The Morgan fingerprint density at radius 2 is 1.85 bits per heavy atom. The first kappa shape index (κ1) is 18.7. The third-order valence-electron chi connectivity index (χ3n) is 4.54. The lowest BCUT2D eigenvalue weighted by molar-refractivity contribution is -0.120. The first-order valence-electron chi connectivity index (χ1n) is 8.73. The Labute approximate surface area is 158 Å². The van der Waals surface area contributed by atoms with Crippen molar-refractivity contribution in [1.82, 2.24) is 4.90 Å². The van der Waals surface area contributed by atoms with E-state index in [1.165, 1.54) is 0 Å². The maximum Gasteiger partial charge on any atom is 0.248 e. The minimum atomic E-state index is -0.503. The van der Waals surface area contributed by atoms with Crippen molar-refractivity contribution in [3.63, 3.8) is 0 Å². The standard InChI is InChI=1S/C20H23N3O4/c1-13(20(25)22-15-9-7-14(8-10-15)19(21)24)23(2)11-16-12-26-17-5-3-4-6-18(17)27-16/h3-10,13,16H,11-12H2,1-2H3,(H2,21,24)(H,22,25)/t13-,16+/m0/s1. The molecule has 1 heterocycles. The number of amides is 2. The van der Waals surface area contributed by atoms with E-state index < -0.39 is 5.91 Å². The van der Waals surface area contributed by atoms with Crippen LogP contribution in [0.25, 0.3) is 0 Å². The van der Waals surface area contributed by atoms with Gasteiger partial charge in [0, 0.05) is 17.8 Å². The monoisotopic (exact) mass is 369 g/mol. The number of likely N-dealkylation sites (N-methyl/N-ethyl adjacent to an activating group) is 1. The lowest BCUT2D eigenvalue weighted by atomic mass is 10.2. The molecule has 0 aliphatic carbocycles. The molecule has 0 radical (unpaired) electrons. The van der Waals surface area contributed by atoms with Gasteiger partial charge in [0.15, 0.2) is 11.5 Å². The minimum absolute atomic E-state index is 0.151. The van der Waals surface area contributed by atoms with Gasteiger partial charge in [-0.3, -0.25) is 14.5 Å². The van der Waals surface area contributed by atoms with Gasteiger partial charge in [0.2, 0.25) is 11.8 Å². The van der Waals surface area contributed by atoms with Crippen molar-refractivity contribution >= 4 is 17.5 Å². The number of carbonyl (C=O) groups is 2. The summed E-state index contributed by atoms with van der Waals surface area (Å²) in [5.74, 6) is 0.800. The van der Waals surface area contributed by atoms with Gasteiger partial charge in [-0.05, 0) is 50.4 Å². The number of fused-ring (bicyclic) bond motifs is 1. The summed E-state index contributed by atoms with van der Waals surface area (Å²) in [6, 6.07) is 13.6. The number of ether oxygens (including phenoxy) is 2. The van der Waals surface area contributed by atoms with E-state index in [-0.39, 0.29) is 18.1 Å². The Morgan fingerprint density at radius 1 is 1.19 bits per heavy atom. The van der Waals surface area contributed by atoms with Gasteiger partial charge in [-0.25, -0.2) is 0 Å². The van der Waals surface area contributed by atoms with Crippen LogP contribution >= 0.6 is 0 Å². The molecule has 1 aliphatic rings. The molecule has 0 saturated heterocycles. The Morgan fingerprint density at radius 3 is 2.52 bits per heavy atom. The summed E-state index contributed by atoms with van der Waals surface area (Å²) < 4.78 is 11.7. The van der Waals surface area contributed by atoms with Gasteiger partial charge in [-0.2, -0.15) is 0 Å². The molecule has 0 spiro atoms. The van der Waals surface area contributed by atoms with Gasteiger partial charge in [-0.1, -0.05) is 12.1 Å². The van der Waals surface area contributed by atoms with Gasteiger partial charge in [0.05, 0.1) is 6.04 Å². The molecule has 0 fully saturated rings. The molecule has 2 aromatic rings. The Balaban J connectivity index is 1.54. The summed E-state index contributed by atoms with van der Waals surface area (Å²) >= 11 is 0. The smallest absolute Gasteiger partial charge is 0.248 e. The molecule has 0 unspecified atom stereocenters. The number of carbonyl (C=O) groups excluding carboxylic acids is 2. The molecule has 0 saturated carbocycles. The van der Waals surface area contributed by atoms with Crippen LogP contribution in [0.4, 0.5) is 5.69 Å². The van der Waals surface area contributed by atoms with Crippen molar-refractivity contribution in [2.75, 3.05) is 25.5 Å². The molecule has 0 aromatic heterocycles. The molecule has 3 rings (SSSR count). The molecule has 7 nitrogen and oxygen atoms in total. The van der Waals surface area contributed by atoms with E-state index in [2.05, 4.69) is 5.32 Å². The molecular weight excluding hydrogens is 346 g/mol. The molecule has 7 heteroatoms. The summed E-state index contributed by atoms with van der Waals surface area (Å²) in [5.41, 5.74) is 6.22. The maximum atomic E-state index is 12.5. The molecule has 27 heavy (non-hydrogen) atoms. The molecule has 2 amide bonds. The number of benzene rings is 2. The van der Waals surface area contributed by atoms with Gasteiger partial charge in [-0.15, -0.1) is 0 Å². The highest BCUT2D eigenvalue weighted by Crippen LogP contribution is 2.31. The minimum Gasteiger partial charge on any atom is -0.486 e. The highest BCUT2D eigenvalue weighted by molar-refractivity contribution is 5.96. The molecule has 0 bridgehead atoms. The third-order valence-corrected chi connectivity index (χ3v) is 4.54. The lowest BCUT2D eigenvalue weighted by Gasteiger charge is -2.31. The number of nitrogens with zero attached hydrogens (tertiary/aromatic N) is 1. The molecular formula is C20H23N3O4. The van der Waals surface area contributed by atoms with Gasteiger partial charge in [0.25, 0.3) is 0 Å². The molecule has 3 N–H and O–H groups in total. The van der Waals surface area contributed by atoms with Crippen LogP contribution in [0, 0.1) is 0 Å². The maximum absolute atomic E-state index is 12.5. The fourth-order valence-electron chi connectivity index (χ4n) is 2.80. The zero-order valence-corrected chi connectivity index (χ0v) is 15.3. The van der Waals surface area contributed by atoms with Crippen LogP contribution in [0.3, 0.4) is 0 Å². The predicted octanol–water partition coefficient (Wildman–Crippen LogP) is 1.88. The topological polar surface area (TPSA) is 93.9 Å². The lowest BCUT2D eigenvalue weighted by Crippen LogP contribution is -2.46. The normalized spacial score (nSPS) is 16.6. The zero-order valence-electron chi connectivity index (χ0n) is 15.3. The second-order valence-electron chi connectivity index (χ2n) is 6.54. The number of anilines is 1. The quantitative estimate of drug-likeness (QED) is 0.811. The SMILES string of the molecule is C[C@@H](C(=O)Nc1ccc(C(N)=O)cc1)N(C)C[C@@H]1COc2ccccc2O1. The molecule has 1 aliphatic heterocycles. The van der Waals surface area contributed by atoms with Crippen LogP contribution in [0.5, 0.6) is 11.5 Å². The second-order valence-corrected chi connectivity index (χ2v) is 6.54. The summed E-state index contributed by atoms with van der Waals surface area (Å²) in [5, 5.41) is 2.84. The number of rotatable bonds is 6. The van der Waals surface area contributed by atoms with E-state index in [9.17, 15) is 9.59 Å². The van der Waals surface area contributed by atoms with Gasteiger partial charge >= 0.3 is 0 Å². The Bertz CT molecular complexity index is 822. The average molecular weight is 369 g/mol. The van der Waals surface area contributed by atoms with Crippen LogP contribution in [-0.2, 0) is 4.79 Å². The summed E-state index contributed by atoms with van der Waals surface area (Å²) in [6.45, 7) is 2.80. The van der Waals surface area contributed by atoms with Crippen molar-refractivity contribution < 1.29 is 19.1 Å². The Hall–Kier alpha value is -3.06. The highest BCUT2D eigenvalue weighted by Gasteiger charge is 2.26. The van der Waals surface area contributed by atoms with Crippen molar-refractivity contribution in [1.29, 1.82) is 0 Å². The summed E-state index contributed by atoms with van der Waals surface area (Å²) in [7, 11) is 1.87. The molecule has 2 aromatic carbocycles. The van der Waals surface area contributed by atoms with Gasteiger partial charge < -0.3 is 20.5 Å². The number of para-hydroxylation sites is 2.